The Hall–Kier alpha value is -1.36. The first kappa shape index (κ1) is 14.6. The molecule has 1 heterocycles. The summed E-state index contributed by atoms with van der Waals surface area (Å²) in [5, 5.41) is 9.46. The lowest BCUT2D eigenvalue weighted by Gasteiger charge is -2.38. The van der Waals surface area contributed by atoms with E-state index in [-0.39, 0.29) is 23.7 Å². The number of aliphatic carboxylic acids is 1. The zero-order valence-corrected chi connectivity index (χ0v) is 12.7. The van der Waals surface area contributed by atoms with Crippen LogP contribution in [0.3, 0.4) is 0 Å². The second-order valence-electron chi connectivity index (χ2n) is 6.86. The minimum Gasteiger partial charge on any atom is -0.481 e. The predicted octanol–water partition coefficient (Wildman–Crippen LogP) is 1.06. The second-order valence-corrected chi connectivity index (χ2v) is 6.86. The summed E-state index contributed by atoms with van der Waals surface area (Å²) in [6, 6.07) is 0.532. The zero-order chi connectivity index (χ0) is 15.1. The van der Waals surface area contributed by atoms with E-state index in [1.54, 1.807) is 0 Å². The molecule has 0 aromatic carbocycles. The lowest BCUT2D eigenvalue weighted by Crippen LogP contribution is -2.49. The first-order chi connectivity index (χ1) is 9.99. The van der Waals surface area contributed by atoms with E-state index in [0.717, 1.165) is 32.4 Å². The van der Waals surface area contributed by atoms with E-state index < -0.39 is 11.9 Å². The van der Waals surface area contributed by atoms with E-state index in [4.69, 9.17) is 0 Å². The maximum Gasteiger partial charge on any atom is 0.307 e. The molecule has 3 rings (SSSR count). The fourth-order valence-electron chi connectivity index (χ4n) is 4.31. The van der Waals surface area contributed by atoms with Crippen molar-refractivity contribution in [1.82, 2.24) is 9.80 Å². The molecule has 0 radical (unpaired) electrons. The molecule has 4 atom stereocenters. The molecule has 1 N–H and O–H groups in total. The van der Waals surface area contributed by atoms with Crippen LogP contribution in [0.2, 0.25) is 0 Å². The maximum atomic E-state index is 12.8. The Morgan fingerprint density at radius 3 is 2.19 bits per heavy atom. The molecule has 2 bridgehead atoms. The minimum absolute atomic E-state index is 0.0563. The van der Waals surface area contributed by atoms with Crippen LogP contribution in [0, 0.1) is 23.7 Å². The van der Waals surface area contributed by atoms with Crippen LogP contribution in [0.15, 0.2) is 12.2 Å². The normalized spacial score (nSPS) is 35.7. The third-order valence-corrected chi connectivity index (χ3v) is 5.54. The van der Waals surface area contributed by atoms with Gasteiger partial charge in [0.2, 0.25) is 5.91 Å². The number of allylic oxidation sites excluding steroid dienone is 2. The van der Waals surface area contributed by atoms with E-state index in [2.05, 4.69) is 25.1 Å². The van der Waals surface area contributed by atoms with Gasteiger partial charge in [-0.05, 0) is 45.2 Å². The van der Waals surface area contributed by atoms with Gasteiger partial charge in [0.25, 0.3) is 0 Å². The van der Waals surface area contributed by atoms with Crippen molar-refractivity contribution in [2.45, 2.75) is 25.3 Å². The average Bonchev–Trinajstić information content (AvgIpc) is 3.07. The molecule has 5 heteroatoms. The Morgan fingerprint density at radius 1 is 1.10 bits per heavy atom. The molecular weight excluding hydrogens is 268 g/mol. The van der Waals surface area contributed by atoms with Crippen LogP contribution in [0.1, 0.15) is 19.3 Å². The van der Waals surface area contributed by atoms with Crippen LogP contribution >= 0.6 is 0 Å². The summed E-state index contributed by atoms with van der Waals surface area (Å²) in [5.74, 6) is -1.41. The van der Waals surface area contributed by atoms with Crippen LogP contribution in [0.4, 0.5) is 0 Å². The van der Waals surface area contributed by atoms with Gasteiger partial charge in [-0.1, -0.05) is 12.2 Å². The van der Waals surface area contributed by atoms with Crippen molar-refractivity contribution in [3.8, 4) is 0 Å². The van der Waals surface area contributed by atoms with Gasteiger partial charge < -0.3 is 14.9 Å². The molecule has 2 fully saturated rings. The van der Waals surface area contributed by atoms with Crippen molar-refractivity contribution in [3.05, 3.63) is 12.2 Å². The van der Waals surface area contributed by atoms with Crippen molar-refractivity contribution in [3.63, 3.8) is 0 Å². The van der Waals surface area contributed by atoms with Crippen molar-refractivity contribution in [1.29, 1.82) is 0 Å². The van der Waals surface area contributed by atoms with E-state index in [1.807, 2.05) is 11.0 Å². The van der Waals surface area contributed by atoms with Crippen molar-refractivity contribution in [2.24, 2.45) is 23.7 Å². The highest BCUT2D eigenvalue weighted by Crippen LogP contribution is 2.48. The van der Waals surface area contributed by atoms with Gasteiger partial charge in [0.05, 0.1) is 11.8 Å². The molecule has 5 nitrogen and oxygen atoms in total. The van der Waals surface area contributed by atoms with Gasteiger partial charge in [-0.25, -0.2) is 0 Å². The Labute approximate surface area is 125 Å². The van der Waals surface area contributed by atoms with Gasteiger partial charge in [0.15, 0.2) is 0 Å². The Balaban J connectivity index is 1.68. The summed E-state index contributed by atoms with van der Waals surface area (Å²) in [5.41, 5.74) is 0. The number of carbonyl (C=O) groups excluding carboxylic acids is 1. The maximum absolute atomic E-state index is 12.8. The van der Waals surface area contributed by atoms with Crippen LogP contribution < -0.4 is 0 Å². The Morgan fingerprint density at radius 2 is 1.67 bits per heavy atom. The first-order valence-electron chi connectivity index (χ1n) is 7.85. The molecular formula is C16H24N2O3. The Bertz CT molecular complexity index is 466. The molecule has 1 saturated heterocycles. The lowest BCUT2D eigenvalue weighted by atomic mass is 9.81. The fraction of sp³-hybridized carbons (Fsp3) is 0.750. The molecule has 21 heavy (non-hydrogen) atoms. The predicted molar refractivity (Wildman–Crippen MR) is 78.6 cm³/mol. The second kappa shape index (κ2) is 5.44. The smallest absolute Gasteiger partial charge is 0.307 e. The lowest BCUT2D eigenvalue weighted by molar-refractivity contribution is -0.151. The molecule has 0 aromatic heterocycles. The summed E-state index contributed by atoms with van der Waals surface area (Å²) in [6.45, 7) is 1.51. The third-order valence-electron chi connectivity index (χ3n) is 5.54. The van der Waals surface area contributed by atoms with E-state index in [0.29, 0.717) is 6.04 Å². The van der Waals surface area contributed by atoms with Gasteiger partial charge in [0.1, 0.15) is 0 Å². The van der Waals surface area contributed by atoms with E-state index >= 15 is 0 Å². The largest absolute Gasteiger partial charge is 0.481 e. The molecule has 0 spiro atoms. The van der Waals surface area contributed by atoms with Crippen LogP contribution in [-0.2, 0) is 9.59 Å². The number of carboxylic acids is 1. The Kier molecular flexibility index (Phi) is 3.78. The number of carbonyl (C=O) groups is 2. The van der Waals surface area contributed by atoms with Crippen molar-refractivity contribution < 1.29 is 14.7 Å². The molecule has 116 valence electrons. The number of hydrogen-bond acceptors (Lipinski definition) is 3. The molecule has 1 aliphatic heterocycles. The monoisotopic (exact) mass is 292 g/mol. The van der Waals surface area contributed by atoms with Crippen LogP contribution in [0.25, 0.3) is 0 Å². The number of fused-ring (bicyclic) bond motifs is 2. The molecule has 3 aliphatic rings. The highest BCUT2D eigenvalue weighted by molar-refractivity contribution is 5.87. The van der Waals surface area contributed by atoms with Gasteiger partial charge in [-0.15, -0.1) is 0 Å². The number of likely N-dealkylation sites (tertiary alicyclic amines) is 1. The molecule has 4 unspecified atom stereocenters. The van der Waals surface area contributed by atoms with Gasteiger partial charge >= 0.3 is 5.97 Å². The number of amides is 1. The SMILES string of the molecule is CN(C)C1CCN(C(=O)C2C3C=CC(C3)C2C(=O)O)CC1. The third kappa shape index (κ3) is 2.48. The fourth-order valence-corrected chi connectivity index (χ4v) is 4.31. The number of hydrogen-bond donors (Lipinski definition) is 1. The summed E-state index contributed by atoms with van der Waals surface area (Å²) in [4.78, 5) is 28.4. The van der Waals surface area contributed by atoms with Gasteiger partial charge in [0, 0.05) is 19.1 Å². The quantitative estimate of drug-likeness (QED) is 0.790. The first-order valence-corrected chi connectivity index (χ1v) is 7.85. The highest BCUT2D eigenvalue weighted by Gasteiger charge is 2.52. The molecule has 0 aromatic rings. The zero-order valence-electron chi connectivity index (χ0n) is 12.7. The van der Waals surface area contributed by atoms with E-state index in [9.17, 15) is 14.7 Å². The number of carboxylic acid groups (broad SMARTS) is 1. The minimum atomic E-state index is -0.812. The van der Waals surface area contributed by atoms with Gasteiger partial charge in [-0.3, -0.25) is 9.59 Å². The number of nitrogens with zero attached hydrogens (tertiary/aromatic N) is 2. The average molecular weight is 292 g/mol. The number of piperidine rings is 1. The molecule has 1 saturated carbocycles. The molecule has 2 aliphatic carbocycles. The standard InChI is InChI=1S/C16H24N2O3/c1-17(2)12-5-7-18(8-6-12)15(19)13-10-3-4-11(9-10)14(13)16(20)21/h3-4,10-14H,5-9H2,1-2H3,(H,20,21). The van der Waals surface area contributed by atoms with Crippen LogP contribution in [-0.4, -0.2) is 60.0 Å². The summed E-state index contributed by atoms with van der Waals surface area (Å²) < 4.78 is 0. The number of rotatable bonds is 3. The summed E-state index contributed by atoms with van der Waals surface area (Å²) >= 11 is 0. The van der Waals surface area contributed by atoms with Crippen molar-refractivity contribution in [2.75, 3.05) is 27.2 Å². The topological polar surface area (TPSA) is 60.9 Å². The summed E-state index contributed by atoms with van der Waals surface area (Å²) in [6.07, 6.45) is 6.84. The van der Waals surface area contributed by atoms with Crippen LogP contribution in [0.5, 0.6) is 0 Å². The van der Waals surface area contributed by atoms with Crippen molar-refractivity contribution >= 4 is 11.9 Å². The summed E-state index contributed by atoms with van der Waals surface area (Å²) in [7, 11) is 4.15. The van der Waals surface area contributed by atoms with E-state index in [1.165, 1.54) is 0 Å². The highest BCUT2D eigenvalue weighted by atomic mass is 16.4. The van der Waals surface area contributed by atoms with Gasteiger partial charge in [-0.2, -0.15) is 0 Å². The molecule has 1 amide bonds.